The third-order valence-electron chi connectivity index (χ3n) is 2.40. The van der Waals surface area contributed by atoms with E-state index in [1.54, 1.807) is 0 Å². The molecule has 0 aliphatic carbocycles. The number of hydrogen-bond acceptors (Lipinski definition) is 3. The highest BCUT2D eigenvalue weighted by atomic mass is 16.5. The molecule has 0 unspecified atom stereocenters. The van der Waals surface area contributed by atoms with Crippen molar-refractivity contribution in [2.24, 2.45) is 0 Å². The molecular weight excluding hydrogens is 164 g/mol. The maximum absolute atomic E-state index is 5.24. The van der Waals surface area contributed by atoms with Crippen LogP contribution in [0.4, 0.5) is 5.82 Å². The standard InChI is InChI=1S/C10H12N2O/c1-6-4-5-8-9(7(6)2)13-12-10(8)11-3/h4-5H,1-3H3,(H,11,12). The third-order valence-corrected chi connectivity index (χ3v) is 2.40. The fourth-order valence-electron chi connectivity index (χ4n) is 1.41. The first-order valence-electron chi connectivity index (χ1n) is 4.27. The van der Waals surface area contributed by atoms with Crippen molar-refractivity contribution in [1.29, 1.82) is 0 Å². The average molecular weight is 176 g/mol. The van der Waals surface area contributed by atoms with Crippen molar-refractivity contribution in [1.82, 2.24) is 5.16 Å². The topological polar surface area (TPSA) is 38.1 Å². The molecule has 0 amide bonds. The number of fused-ring (bicyclic) bond motifs is 1. The molecule has 68 valence electrons. The third kappa shape index (κ3) is 1.08. The van der Waals surface area contributed by atoms with E-state index in [1.165, 1.54) is 5.56 Å². The molecular formula is C10H12N2O. The van der Waals surface area contributed by atoms with Crippen LogP contribution in [0.5, 0.6) is 0 Å². The van der Waals surface area contributed by atoms with Crippen LogP contribution in [0.15, 0.2) is 16.7 Å². The van der Waals surface area contributed by atoms with Gasteiger partial charge in [-0.05, 0) is 31.0 Å². The van der Waals surface area contributed by atoms with Crippen LogP contribution in [0, 0.1) is 13.8 Å². The van der Waals surface area contributed by atoms with E-state index in [1.807, 2.05) is 20.0 Å². The molecule has 3 heteroatoms. The maximum atomic E-state index is 5.24. The quantitative estimate of drug-likeness (QED) is 0.725. The molecule has 1 N–H and O–H groups in total. The predicted octanol–water partition coefficient (Wildman–Crippen LogP) is 2.49. The lowest BCUT2D eigenvalue weighted by molar-refractivity contribution is 0.458. The number of benzene rings is 1. The first-order valence-corrected chi connectivity index (χ1v) is 4.27. The Balaban J connectivity index is 2.81. The van der Waals surface area contributed by atoms with Gasteiger partial charge in [-0.25, -0.2) is 0 Å². The zero-order chi connectivity index (χ0) is 9.42. The first-order chi connectivity index (χ1) is 6.24. The van der Waals surface area contributed by atoms with E-state index < -0.39 is 0 Å². The average Bonchev–Trinajstić information content (AvgIpc) is 2.55. The zero-order valence-corrected chi connectivity index (χ0v) is 8.01. The molecule has 1 aromatic carbocycles. The number of hydrogen-bond donors (Lipinski definition) is 1. The molecule has 0 bridgehead atoms. The van der Waals surface area contributed by atoms with E-state index in [9.17, 15) is 0 Å². The van der Waals surface area contributed by atoms with E-state index >= 15 is 0 Å². The lowest BCUT2D eigenvalue weighted by Crippen LogP contribution is -1.87. The highest BCUT2D eigenvalue weighted by Crippen LogP contribution is 2.26. The molecule has 0 saturated heterocycles. The van der Waals surface area contributed by atoms with Crippen LogP contribution in [0.3, 0.4) is 0 Å². The Hall–Kier alpha value is -1.51. The Morgan fingerprint density at radius 3 is 2.77 bits per heavy atom. The summed E-state index contributed by atoms with van der Waals surface area (Å²) in [4.78, 5) is 0. The van der Waals surface area contributed by atoms with Crippen molar-refractivity contribution in [2.75, 3.05) is 12.4 Å². The molecule has 0 spiro atoms. The Kier molecular flexibility index (Phi) is 1.72. The number of nitrogens with zero attached hydrogens (tertiary/aromatic N) is 1. The van der Waals surface area contributed by atoms with Crippen LogP contribution in [-0.4, -0.2) is 12.2 Å². The smallest absolute Gasteiger partial charge is 0.177 e. The summed E-state index contributed by atoms with van der Waals surface area (Å²) >= 11 is 0. The number of aryl methyl sites for hydroxylation is 2. The normalized spacial score (nSPS) is 10.7. The highest BCUT2D eigenvalue weighted by molar-refractivity contribution is 5.90. The van der Waals surface area contributed by atoms with Crippen LogP contribution in [0.25, 0.3) is 11.0 Å². The molecule has 2 aromatic rings. The van der Waals surface area contributed by atoms with Crippen molar-refractivity contribution in [3.63, 3.8) is 0 Å². The van der Waals surface area contributed by atoms with Crippen LogP contribution < -0.4 is 5.32 Å². The van der Waals surface area contributed by atoms with Crippen molar-refractivity contribution >= 4 is 16.8 Å². The maximum Gasteiger partial charge on any atom is 0.177 e. The Morgan fingerprint density at radius 1 is 1.31 bits per heavy atom. The second-order valence-corrected chi connectivity index (χ2v) is 3.17. The van der Waals surface area contributed by atoms with Gasteiger partial charge >= 0.3 is 0 Å². The van der Waals surface area contributed by atoms with Crippen LogP contribution in [-0.2, 0) is 0 Å². The summed E-state index contributed by atoms with van der Waals surface area (Å²) in [5, 5.41) is 7.97. The molecule has 0 saturated carbocycles. The van der Waals surface area contributed by atoms with E-state index in [4.69, 9.17) is 4.52 Å². The van der Waals surface area contributed by atoms with Crippen molar-refractivity contribution < 1.29 is 4.52 Å². The second-order valence-electron chi connectivity index (χ2n) is 3.17. The summed E-state index contributed by atoms with van der Waals surface area (Å²) in [6.45, 7) is 4.11. The van der Waals surface area contributed by atoms with Crippen molar-refractivity contribution in [3.05, 3.63) is 23.3 Å². The summed E-state index contributed by atoms with van der Waals surface area (Å²) in [5.74, 6) is 0.804. The molecule has 0 aliphatic heterocycles. The largest absolute Gasteiger partial charge is 0.370 e. The number of aromatic nitrogens is 1. The number of anilines is 1. The van der Waals surface area contributed by atoms with E-state index in [0.29, 0.717) is 0 Å². The summed E-state index contributed by atoms with van der Waals surface area (Å²) in [7, 11) is 1.84. The minimum Gasteiger partial charge on any atom is -0.370 e. The van der Waals surface area contributed by atoms with Crippen LogP contribution in [0.2, 0.25) is 0 Å². The van der Waals surface area contributed by atoms with Gasteiger partial charge in [-0.3, -0.25) is 0 Å². The zero-order valence-electron chi connectivity index (χ0n) is 8.01. The Bertz CT molecular complexity index is 445. The molecule has 1 heterocycles. The molecule has 1 aromatic heterocycles. The van der Waals surface area contributed by atoms with Gasteiger partial charge in [0.25, 0.3) is 0 Å². The van der Waals surface area contributed by atoms with Gasteiger partial charge in [0.05, 0.1) is 5.39 Å². The minimum absolute atomic E-state index is 0.804. The molecule has 0 fully saturated rings. The van der Waals surface area contributed by atoms with Crippen molar-refractivity contribution in [3.8, 4) is 0 Å². The van der Waals surface area contributed by atoms with Crippen LogP contribution >= 0.6 is 0 Å². The van der Waals surface area contributed by atoms with Gasteiger partial charge in [0.15, 0.2) is 11.4 Å². The SMILES string of the molecule is CNc1noc2c(C)c(C)ccc12. The fraction of sp³-hybridized carbons (Fsp3) is 0.300. The summed E-state index contributed by atoms with van der Waals surface area (Å²) in [5.41, 5.74) is 3.27. The van der Waals surface area contributed by atoms with Gasteiger partial charge in [-0.2, -0.15) is 0 Å². The van der Waals surface area contributed by atoms with Gasteiger partial charge in [0.1, 0.15) is 0 Å². The molecule has 0 atom stereocenters. The van der Waals surface area contributed by atoms with E-state index in [0.717, 1.165) is 22.4 Å². The van der Waals surface area contributed by atoms with Gasteiger partial charge in [-0.15, -0.1) is 0 Å². The monoisotopic (exact) mass is 176 g/mol. The van der Waals surface area contributed by atoms with Crippen LogP contribution in [0.1, 0.15) is 11.1 Å². The second kappa shape index (κ2) is 2.76. The lowest BCUT2D eigenvalue weighted by atomic mass is 10.1. The number of nitrogens with one attached hydrogen (secondary N) is 1. The highest BCUT2D eigenvalue weighted by Gasteiger charge is 2.09. The fourth-order valence-corrected chi connectivity index (χ4v) is 1.41. The Morgan fingerprint density at radius 2 is 2.08 bits per heavy atom. The first kappa shape index (κ1) is 8.10. The summed E-state index contributed by atoms with van der Waals surface area (Å²) < 4.78 is 5.24. The minimum atomic E-state index is 0.804. The van der Waals surface area contributed by atoms with E-state index in [2.05, 4.69) is 23.5 Å². The summed E-state index contributed by atoms with van der Waals surface area (Å²) in [6.07, 6.45) is 0. The molecule has 13 heavy (non-hydrogen) atoms. The molecule has 2 rings (SSSR count). The predicted molar refractivity (Wildman–Crippen MR) is 53.0 cm³/mol. The van der Waals surface area contributed by atoms with Gasteiger partial charge in [0.2, 0.25) is 0 Å². The number of rotatable bonds is 1. The molecule has 0 radical (unpaired) electrons. The summed E-state index contributed by atoms with van der Waals surface area (Å²) in [6, 6.07) is 4.11. The lowest BCUT2D eigenvalue weighted by Gasteiger charge is -1.98. The molecule has 3 nitrogen and oxygen atoms in total. The van der Waals surface area contributed by atoms with Gasteiger partial charge < -0.3 is 9.84 Å². The van der Waals surface area contributed by atoms with Crippen molar-refractivity contribution in [2.45, 2.75) is 13.8 Å². The van der Waals surface area contributed by atoms with Gasteiger partial charge in [0, 0.05) is 7.05 Å². The molecule has 0 aliphatic rings. The van der Waals surface area contributed by atoms with E-state index in [-0.39, 0.29) is 0 Å². The Labute approximate surface area is 76.7 Å². The van der Waals surface area contributed by atoms with Gasteiger partial charge in [-0.1, -0.05) is 11.2 Å².